The van der Waals surface area contributed by atoms with Crippen LogP contribution in [0.1, 0.15) is 45.5 Å². The number of aromatic hydroxyl groups is 1. The van der Waals surface area contributed by atoms with Crippen LogP contribution in [-0.2, 0) is 0 Å². The molecule has 0 saturated heterocycles. The molecule has 0 fully saturated rings. The van der Waals surface area contributed by atoms with E-state index in [9.17, 15) is 9.90 Å². The summed E-state index contributed by atoms with van der Waals surface area (Å²) in [5, 5.41) is 22.5. The van der Waals surface area contributed by atoms with E-state index >= 15 is 0 Å². The second-order valence-corrected chi connectivity index (χ2v) is 9.46. The van der Waals surface area contributed by atoms with Crippen LogP contribution in [0.2, 0.25) is 10.0 Å². The van der Waals surface area contributed by atoms with Crippen molar-refractivity contribution in [1.29, 1.82) is 5.41 Å². The van der Waals surface area contributed by atoms with Crippen molar-refractivity contribution in [2.24, 2.45) is 0 Å². The molecule has 7 heteroatoms. The summed E-state index contributed by atoms with van der Waals surface area (Å²) in [5.41, 5.74) is 4.57. The fourth-order valence-electron chi connectivity index (χ4n) is 3.48. The lowest BCUT2D eigenvalue weighted by molar-refractivity contribution is 0.102. The van der Waals surface area contributed by atoms with Gasteiger partial charge < -0.3 is 15.8 Å². The first kappa shape index (κ1) is 23.6. The molecular formula is C24H21Cl2IN2O2. The Morgan fingerprint density at radius 3 is 2.35 bits per heavy atom. The van der Waals surface area contributed by atoms with Crippen molar-refractivity contribution in [2.45, 2.75) is 26.7 Å². The predicted octanol–water partition coefficient (Wildman–Crippen LogP) is 7.34. The van der Waals surface area contributed by atoms with Gasteiger partial charge in [0.1, 0.15) is 5.75 Å². The maximum Gasteiger partial charge on any atom is 0.259 e. The van der Waals surface area contributed by atoms with Gasteiger partial charge in [0.25, 0.3) is 5.91 Å². The quantitative estimate of drug-likeness (QED) is 0.223. The summed E-state index contributed by atoms with van der Waals surface area (Å²) in [7, 11) is 0. The molecule has 0 aliphatic carbocycles. The number of halogens is 3. The highest BCUT2D eigenvalue weighted by molar-refractivity contribution is 14.1. The Hall–Kier alpha value is -2.09. The summed E-state index contributed by atoms with van der Waals surface area (Å²) < 4.78 is 0.611. The van der Waals surface area contributed by atoms with Gasteiger partial charge in [0, 0.05) is 27.4 Å². The van der Waals surface area contributed by atoms with Crippen molar-refractivity contribution >= 4 is 63.1 Å². The van der Waals surface area contributed by atoms with E-state index in [0.717, 1.165) is 22.3 Å². The van der Waals surface area contributed by atoms with Gasteiger partial charge in [0.2, 0.25) is 0 Å². The number of amides is 1. The molecule has 0 bridgehead atoms. The Kier molecular flexibility index (Phi) is 7.29. The number of aryl methyl sites for hydroxylation is 2. The van der Waals surface area contributed by atoms with Crippen LogP contribution in [0.15, 0.2) is 48.5 Å². The summed E-state index contributed by atoms with van der Waals surface area (Å²) >= 11 is 14.6. The number of rotatable bonds is 5. The number of hydrogen-bond acceptors (Lipinski definition) is 3. The molecule has 0 aliphatic heterocycles. The molecule has 1 unspecified atom stereocenters. The number of carbonyl (C=O) groups is 1. The Labute approximate surface area is 205 Å². The van der Waals surface area contributed by atoms with Gasteiger partial charge in [-0.2, -0.15) is 0 Å². The minimum absolute atomic E-state index is 0.0497. The third-order valence-corrected chi connectivity index (χ3v) is 6.39. The van der Waals surface area contributed by atoms with Gasteiger partial charge >= 0.3 is 0 Å². The van der Waals surface area contributed by atoms with Crippen LogP contribution < -0.4 is 5.32 Å². The van der Waals surface area contributed by atoms with E-state index in [2.05, 4.69) is 5.32 Å². The first-order valence-corrected chi connectivity index (χ1v) is 11.3. The van der Waals surface area contributed by atoms with Gasteiger partial charge in [-0.05, 0) is 95.9 Å². The molecule has 31 heavy (non-hydrogen) atoms. The zero-order valence-electron chi connectivity index (χ0n) is 17.2. The lowest BCUT2D eigenvalue weighted by Crippen LogP contribution is -2.15. The standard InChI is InChI=1S/C24H21Cl2IN2O2/c1-12-8-18(23(30)20(27)9-12)24(31)29-21-11-19(26)17(10-13(21)2)22(14(3)28)15-4-6-16(25)7-5-15/h4-11,22,28,30H,1-3H3,(H,29,31). The van der Waals surface area contributed by atoms with E-state index in [0.29, 0.717) is 25.0 Å². The molecule has 160 valence electrons. The summed E-state index contributed by atoms with van der Waals surface area (Å²) in [6.07, 6.45) is 0. The number of anilines is 1. The Bertz CT molecular complexity index is 1180. The number of phenols is 1. The Balaban J connectivity index is 1.97. The number of nitrogens with one attached hydrogen (secondary N) is 2. The summed E-state index contributed by atoms with van der Waals surface area (Å²) in [5.74, 6) is -0.787. The molecule has 0 radical (unpaired) electrons. The smallest absolute Gasteiger partial charge is 0.259 e. The van der Waals surface area contributed by atoms with Gasteiger partial charge in [-0.15, -0.1) is 0 Å². The van der Waals surface area contributed by atoms with Gasteiger partial charge in [0.15, 0.2) is 0 Å². The second kappa shape index (κ2) is 9.59. The molecule has 1 amide bonds. The SMILES string of the molecule is CC(=N)C(c1ccc(Cl)cc1)c1cc(C)c(NC(=O)c2cc(C)cc(I)c2O)cc1Cl. The normalized spacial score (nSPS) is 11.8. The highest BCUT2D eigenvalue weighted by atomic mass is 127. The van der Waals surface area contributed by atoms with Crippen molar-refractivity contribution in [1.82, 2.24) is 0 Å². The molecule has 0 spiro atoms. The van der Waals surface area contributed by atoms with Crippen LogP contribution in [0.5, 0.6) is 5.75 Å². The van der Waals surface area contributed by atoms with Crippen molar-refractivity contribution in [3.63, 3.8) is 0 Å². The zero-order chi connectivity index (χ0) is 22.9. The van der Waals surface area contributed by atoms with E-state index in [1.54, 1.807) is 37.3 Å². The van der Waals surface area contributed by atoms with Crippen molar-refractivity contribution in [3.8, 4) is 5.75 Å². The second-order valence-electron chi connectivity index (χ2n) is 7.45. The van der Waals surface area contributed by atoms with Crippen LogP contribution >= 0.6 is 45.8 Å². The predicted molar refractivity (Wildman–Crippen MR) is 136 cm³/mol. The van der Waals surface area contributed by atoms with E-state index in [1.165, 1.54) is 0 Å². The topological polar surface area (TPSA) is 73.2 Å². The number of carbonyl (C=O) groups excluding carboxylic acids is 1. The first-order chi connectivity index (χ1) is 14.6. The average Bonchev–Trinajstić information content (AvgIpc) is 2.69. The van der Waals surface area contributed by atoms with E-state index < -0.39 is 5.91 Å². The molecule has 4 nitrogen and oxygen atoms in total. The minimum Gasteiger partial charge on any atom is -0.506 e. The number of phenolic OH excluding ortho intramolecular Hbond substituents is 1. The minimum atomic E-state index is -0.413. The number of benzene rings is 3. The van der Waals surface area contributed by atoms with Crippen LogP contribution in [-0.4, -0.2) is 16.7 Å². The van der Waals surface area contributed by atoms with Crippen LogP contribution in [0, 0.1) is 22.8 Å². The summed E-state index contributed by atoms with van der Waals surface area (Å²) in [6.45, 7) is 5.47. The highest BCUT2D eigenvalue weighted by Gasteiger charge is 2.22. The molecule has 3 aromatic carbocycles. The maximum atomic E-state index is 12.8. The van der Waals surface area contributed by atoms with E-state index in [1.807, 2.05) is 54.6 Å². The highest BCUT2D eigenvalue weighted by Crippen LogP contribution is 2.36. The average molecular weight is 567 g/mol. The van der Waals surface area contributed by atoms with Gasteiger partial charge in [-0.25, -0.2) is 0 Å². The fraction of sp³-hybridized carbons (Fsp3) is 0.167. The van der Waals surface area contributed by atoms with Gasteiger partial charge in [-0.3, -0.25) is 4.79 Å². The Morgan fingerprint density at radius 1 is 1.10 bits per heavy atom. The molecule has 3 aromatic rings. The van der Waals surface area contributed by atoms with E-state index in [4.69, 9.17) is 28.6 Å². The van der Waals surface area contributed by atoms with Gasteiger partial charge in [0.05, 0.1) is 9.13 Å². The monoisotopic (exact) mass is 566 g/mol. The van der Waals surface area contributed by atoms with Crippen molar-refractivity contribution in [3.05, 3.63) is 90.0 Å². The molecule has 0 saturated carbocycles. The molecule has 0 aromatic heterocycles. The van der Waals surface area contributed by atoms with Crippen LogP contribution in [0.3, 0.4) is 0 Å². The third kappa shape index (κ3) is 5.22. The van der Waals surface area contributed by atoms with E-state index in [-0.39, 0.29) is 17.2 Å². The lowest BCUT2D eigenvalue weighted by Gasteiger charge is -2.21. The maximum absolute atomic E-state index is 12.8. The molecular weight excluding hydrogens is 546 g/mol. The fourth-order valence-corrected chi connectivity index (χ4v) is 4.66. The Morgan fingerprint density at radius 2 is 1.74 bits per heavy atom. The molecule has 0 heterocycles. The van der Waals surface area contributed by atoms with Gasteiger partial charge in [-0.1, -0.05) is 41.4 Å². The summed E-state index contributed by atoms with van der Waals surface area (Å²) in [4.78, 5) is 12.8. The molecule has 0 aliphatic rings. The molecule has 3 N–H and O–H groups in total. The summed E-state index contributed by atoms with van der Waals surface area (Å²) in [6, 6.07) is 14.4. The molecule has 1 atom stereocenters. The number of hydrogen-bond donors (Lipinski definition) is 3. The molecule has 3 rings (SSSR count). The third-order valence-electron chi connectivity index (χ3n) is 4.99. The van der Waals surface area contributed by atoms with Crippen molar-refractivity contribution in [2.75, 3.05) is 5.32 Å². The largest absolute Gasteiger partial charge is 0.506 e. The lowest BCUT2D eigenvalue weighted by atomic mass is 9.86. The van der Waals surface area contributed by atoms with Crippen LogP contribution in [0.25, 0.3) is 0 Å². The van der Waals surface area contributed by atoms with Crippen molar-refractivity contribution < 1.29 is 9.90 Å². The zero-order valence-corrected chi connectivity index (χ0v) is 20.9. The van der Waals surface area contributed by atoms with Crippen LogP contribution in [0.4, 0.5) is 5.69 Å². The first-order valence-electron chi connectivity index (χ1n) is 9.49.